The molecule has 1 aromatic carbocycles. The van der Waals surface area contributed by atoms with E-state index in [0.29, 0.717) is 29.0 Å². The van der Waals surface area contributed by atoms with Crippen molar-refractivity contribution in [3.63, 3.8) is 0 Å². The fraction of sp³-hybridized carbons (Fsp3) is 0.400. The van der Waals surface area contributed by atoms with E-state index < -0.39 is 6.43 Å². The lowest BCUT2D eigenvalue weighted by atomic mass is 10.0. The second kappa shape index (κ2) is 6.90. The average Bonchev–Trinajstić information content (AvgIpc) is 2.90. The maximum absolute atomic E-state index is 13.7. The molecule has 0 aliphatic heterocycles. The third-order valence-corrected chi connectivity index (χ3v) is 4.67. The van der Waals surface area contributed by atoms with Crippen LogP contribution in [0.2, 0.25) is 0 Å². The number of aromatic nitrogens is 3. The normalized spacial score (nSPS) is 11.6. The molecule has 0 saturated carbocycles. The van der Waals surface area contributed by atoms with Crippen molar-refractivity contribution in [1.29, 1.82) is 0 Å². The number of fused-ring (bicyclic) bond motifs is 1. The Morgan fingerprint density at radius 3 is 2.48 bits per heavy atom. The largest absolute Gasteiger partial charge is 0.264 e. The Kier molecular flexibility index (Phi) is 4.84. The highest BCUT2D eigenvalue weighted by Gasteiger charge is 2.21. The fourth-order valence-electron chi connectivity index (χ4n) is 3.07. The molecule has 0 aliphatic rings. The molecule has 0 fully saturated rings. The SMILES string of the molecule is CCCCn1nc(C)c2c(C(F)F)cc(-c3ccc(C)c(C)c3)nc21. The van der Waals surface area contributed by atoms with Crippen LogP contribution in [0.4, 0.5) is 8.78 Å². The van der Waals surface area contributed by atoms with Gasteiger partial charge in [-0.2, -0.15) is 5.10 Å². The summed E-state index contributed by atoms with van der Waals surface area (Å²) in [5.74, 6) is 0. The van der Waals surface area contributed by atoms with Crippen LogP contribution < -0.4 is 0 Å². The lowest BCUT2D eigenvalue weighted by molar-refractivity contribution is 0.153. The molecule has 3 nitrogen and oxygen atoms in total. The van der Waals surface area contributed by atoms with Crippen molar-refractivity contribution >= 4 is 11.0 Å². The standard InChI is InChI=1S/C20H23F2N3/c1-5-6-9-25-20-18(14(4)24-25)16(19(21)22)11-17(23-20)15-8-7-12(2)13(3)10-15/h7-8,10-11,19H,5-6,9H2,1-4H3. The summed E-state index contributed by atoms with van der Waals surface area (Å²) in [5, 5.41) is 4.94. The second-order valence-corrected chi connectivity index (χ2v) is 6.56. The van der Waals surface area contributed by atoms with Crippen LogP contribution in [0.25, 0.3) is 22.3 Å². The van der Waals surface area contributed by atoms with E-state index in [-0.39, 0.29) is 5.56 Å². The van der Waals surface area contributed by atoms with Crippen LogP contribution in [0.1, 0.15) is 48.6 Å². The summed E-state index contributed by atoms with van der Waals surface area (Å²) in [6.45, 7) is 8.60. The minimum atomic E-state index is -2.56. The number of unbranched alkanes of at least 4 members (excludes halogenated alkanes) is 1. The number of hydrogen-bond donors (Lipinski definition) is 0. The van der Waals surface area contributed by atoms with Gasteiger partial charge in [0.2, 0.25) is 0 Å². The molecule has 132 valence electrons. The fourth-order valence-corrected chi connectivity index (χ4v) is 3.07. The Labute approximate surface area is 146 Å². The molecule has 0 saturated heterocycles. The predicted molar refractivity (Wildman–Crippen MR) is 97.0 cm³/mol. The highest BCUT2D eigenvalue weighted by atomic mass is 19.3. The summed E-state index contributed by atoms with van der Waals surface area (Å²) in [6, 6.07) is 7.44. The van der Waals surface area contributed by atoms with Crippen LogP contribution >= 0.6 is 0 Å². The topological polar surface area (TPSA) is 30.7 Å². The summed E-state index contributed by atoms with van der Waals surface area (Å²) >= 11 is 0. The van der Waals surface area contributed by atoms with Gasteiger partial charge in [0.15, 0.2) is 5.65 Å². The highest BCUT2D eigenvalue weighted by molar-refractivity contribution is 5.85. The number of hydrogen-bond acceptors (Lipinski definition) is 2. The van der Waals surface area contributed by atoms with Gasteiger partial charge in [-0.15, -0.1) is 0 Å². The van der Waals surface area contributed by atoms with E-state index in [2.05, 4.69) is 12.0 Å². The summed E-state index contributed by atoms with van der Waals surface area (Å²) < 4.78 is 29.2. The Morgan fingerprint density at radius 2 is 1.84 bits per heavy atom. The molecule has 0 N–H and O–H groups in total. The van der Waals surface area contributed by atoms with Gasteiger partial charge in [0.25, 0.3) is 6.43 Å². The number of benzene rings is 1. The van der Waals surface area contributed by atoms with E-state index in [1.807, 2.05) is 32.0 Å². The predicted octanol–water partition coefficient (Wildman–Crippen LogP) is 5.76. The first-order valence-electron chi connectivity index (χ1n) is 8.66. The third-order valence-electron chi connectivity index (χ3n) is 4.67. The number of alkyl halides is 2. The van der Waals surface area contributed by atoms with E-state index in [9.17, 15) is 8.78 Å². The zero-order valence-electron chi connectivity index (χ0n) is 15.1. The molecule has 0 atom stereocenters. The van der Waals surface area contributed by atoms with E-state index in [1.165, 1.54) is 11.6 Å². The molecule has 0 radical (unpaired) electrons. The Morgan fingerprint density at radius 1 is 1.08 bits per heavy atom. The first-order valence-corrected chi connectivity index (χ1v) is 8.66. The van der Waals surface area contributed by atoms with Crippen molar-refractivity contribution in [3.05, 3.63) is 46.6 Å². The molecule has 0 unspecified atom stereocenters. The average molecular weight is 343 g/mol. The minimum Gasteiger partial charge on any atom is -0.247 e. The summed E-state index contributed by atoms with van der Waals surface area (Å²) in [6.07, 6.45) is -0.604. The Bertz CT molecular complexity index is 913. The van der Waals surface area contributed by atoms with E-state index >= 15 is 0 Å². The minimum absolute atomic E-state index is 0.0125. The molecular weight excluding hydrogens is 320 g/mol. The third kappa shape index (κ3) is 3.28. The van der Waals surface area contributed by atoms with Crippen LogP contribution in [0.15, 0.2) is 24.3 Å². The van der Waals surface area contributed by atoms with Crippen molar-refractivity contribution in [1.82, 2.24) is 14.8 Å². The molecule has 0 aliphatic carbocycles. The molecule has 25 heavy (non-hydrogen) atoms. The molecule has 3 aromatic rings. The second-order valence-electron chi connectivity index (χ2n) is 6.56. The molecule has 2 aromatic heterocycles. The molecule has 3 rings (SSSR count). The number of pyridine rings is 1. The number of rotatable bonds is 5. The molecule has 0 bridgehead atoms. The lowest BCUT2D eigenvalue weighted by Crippen LogP contribution is -2.02. The molecule has 0 spiro atoms. The van der Waals surface area contributed by atoms with E-state index in [0.717, 1.165) is 24.0 Å². The van der Waals surface area contributed by atoms with Gasteiger partial charge in [0.1, 0.15) is 0 Å². The molecule has 5 heteroatoms. The number of aryl methyl sites for hydroxylation is 4. The highest BCUT2D eigenvalue weighted by Crippen LogP contribution is 2.33. The maximum Gasteiger partial charge on any atom is 0.264 e. The zero-order chi connectivity index (χ0) is 18.1. The van der Waals surface area contributed by atoms with Gasteiger partial charge in [-0.25, -0.2) is 18.4 Å². The summed E-state index contributed by atoms with van der Waals surface area (Å²) in [4.78, 5) is 4.70. The maximum atomic E-state index is 13.7. The quantitative estimate of drug-likeness (QED) is 0.589. The summed E-state index contributed by atoms with van der Waals surface area (Å²) in [5.41, 5.74) is 4.89. The van der Waals surface area contributed by atoms with Gasteiger partial charge < -0.3 is 0 Å². The van der Waals surface area contributed by atoms with Crippen molar-refractivity contribution in [2.24, 2.45) is 0 Å². The first kappa shape index (κ1) is 17.5. The van der Waals surface area contributed by atoms with Gasteiger partial charge in [-0.1, -0.05) is 25.5 Å². The zero-order valence-corrected chi connectivity index (χ0v) is 15.1. The first-order chi connectivity index (χ1) is 11.9. The van der Waals surface area contributed by atoms with Gasteiger partial charge in [-0.05, 0) is 50.5 Å². The monoisotopic (exact) mass is 343 g/mol. The van der Waals surface area contributed by atoms with Crippen LogP contribution in [0, 0.1) is 20.8 Å². The van der Waals surface area contributed by atoms with Crippen molar-refractivity contribution < 1.29 is 8.78 Å². The van der Waals surface area contributed by atoms with Crippen LogP contribution in [0.3, 0.4) is 0 Å². The van der Waals surface area contributed by atoms with Gasteiger partial charge in [0, 0.05) is 17.7 Å². The lowest BCUT2D eigenvalue weighted by Gasteiger charge is -2.10. The van der Waals surface area contributed by atoms with Crippen molar-refractivity contribution in [2.75, 3.05) is 0 Å². The van der Waals surface area contributed by atoms with Crippen LogP contribution in [-0.4, -0.2) is 14.8 Å². The number of nitrogens with zero attached hydrogens (tertiary/aromatic N) is 3. The van der Waals surface area contributed by atoms with Crippen LogP contribution in [0.5, 0.6) is 0 Å². The van der Waals surface area contributed by atoms with Gasteiger partial charge in [-0.3, -0.25) is 0 Å². The smallest absolute Gasteiger partial charge is 0.247 e. The summed E-state index contributed by atoms with van der Waals surface area (Å²) in [7, 11) is 0. The Balaban J connectivity index is 2.24. The van der Waals surface area contributed by atoms with E-state index in [1.54, 1.807) is 11.6 Å². The number of halogens is 2. The van der Waals surface area contributed by atoms with Gasteiger partial charge in [0.05, 0.1) is 16.8 Å². The molecule has 2 heterocycles. The van der Waals surface area contributed by atoms with E-state index in [4.69, 9.17) is 4.98 Å². The molecular formula is C20H23F2N3. The Hall–Kier alpha value is -2.30. The van der Waals surface area contributed by atoms with Crippen molar-refractivity contribution in [2.45, 2.75) is 53.5 Å². The molecule has 0 amide bonds. The van der Waals surface area contributed by atoms with Crippen LogP contribution in [-0.2, 0) is 6.54 Å². The van der Waals surface area contributed by atoms with Crippen molar-refractivity contribution in [3.8, 4) is 11.3 Å². The van der Waals surface area contributed by atoms with Gasteiger partial charge >= 0.3 is 0 Å².